The molecular formula is C22H31N3O2. The third kappa shape index (κ3) is 3.82. The van der Waals surface area contributed by atoms with Gasteiger partial charge in [-0.1, -0.05) is 37.6 Å². The minimum atomic E-state index is -0.105. The van der Waals surface area contributed by atoms with Gasteiger partial charge in [0.05, 0.1) is 25.7 Å². The van der Waals surface area contributed by atoms with Gasteiger partial charge in [-0.2, -0.15) is 0 Å². The van der Waals surface area contributed by atoms with Crippen molar-refractivity contribution in [2.75, 3.05) is 26.7 Å². The first-order valence-electron chi connectivity index (χ1n) is 9.85. The number of carbonyl (C=O) groups excluding carboxylic acids is 1. The van der Waals surface area contributed by atoms with Crippen LogP contribution in [0.25, 0.3) is 0 Å². The zero-order valence-corrected chi connectivity index (χ0v) is 16.9. The van der Waals surface area contributed by atoms with Crippen LogP contribution in [-0.4, -0.2) is 53.2 Å². The van der Waals surface area contributed by atoms with Gasteiger partial charge in [0, 0.05) is 12.7 Å². The van der Waals surface area contributed by atoms with E-state index in [4.69, 9.17) is 4.74 Å². The molecule has 5 heteroatoms. The normalized spacial score (nSPS) is 18.9. The van der Waals surface area contributed by atoms with Gasteiger partial charge in [0.1, 0.15) is 5.75 Å². The molecule has 2 aliphatic heterocycles. The highest BCUT2D eigenvalue weighted by Crippen LogP contribution is 2.34. The molecule has 0 bridgehead atoms. The van der Waals surface area contributed by atoms with Crippen LogP contribution in [0.3, 0.4) is 0 Å². The zero-order chi connectivity index (χ0) is 19.4. The number of benzene rings is 1. The summed E-state index contributed by atoms with van der Waals surface area (Å²) in [5.41, 5.74) is 2.38. The van der Waals surface area contributed by atoms with Crippen LogP contribution in [0, 0.1) is 0 Å². The van der Waals surface area contributed by atoms with Gasteiger partial charge < -0.3 is 9.64 Å². The minimum absolute atomic E-state index is 0.105. The highest BCUT2D eigenvalue weighted by molar-refractivity contribution is 5.78. The molecule has 2 heterocycles. The lowest BCUT2D eigenvalue weighted by Crippen LogP contribution is -2.47. The number of nitrogens with zero attached hydrogens (tertiary/aromatic N) is 3. The standard InChI is InChI=1S/C22H31N3O2/c1-5-22(6-2)17-25(23-14-7-8-18(3)16-23)21(26)24(22)15-13-19-9-11-20(27-4)12-10-19/h7-12,14H,5-6,13,15-17H2,1-4H3. The Morgan fingerprint density at radius 2 is 1.85 bits per heavy atom. The zero-order valence-electron chi connectivity index (χ0n) is 16.9. The van der Waals surface area contributed by atoms with Crippen molar-refractivity contribution in [3.8, 4) is 5.75 Å². The van der Waals surface area contributed by atoms with Gasteiger partial charge >= 0.3 is 6.03 Å². The third-order valence-electron chi connectivity index (χ3n) is 5.93. The molecule has 0 unspecified atom stereocenters. The van der Waals surface area contributed by atoms with Gasteiger partial charge in [-0.3, -0.25) is 5.01 Å². The Balaban J connectivity index is 1.75. The Morgan fingerprint density at radius 1 is 1.15 bits per heavy atom. The van der Waals surface area contributed by atoms with Crippen LogP contribution < -0.4 is 4.74 Å². The Bertz CT molecular complexity index is 720. The SMILES string of the molecule is CCC1(CC)CN(N2C=CC=C(C)C2)C(=O)N1CCc1ccc(OC)cc1. The van der Waals surface area contributed by atoms with Crippen LogP contribution in [0.1, 0.15) is 39.2 Å². The summed E-state index contributed by atoms with van der Waals surface area (Å²) in [5.74, 6) is 0.860. The predicted molar refractivity (Wildman–Crippen MR) is 108 cm³/mol. The summed E-state index contributed by atoms with van der Waals surface area (Å²) in [7, 11) is 1.68. The number of amides is 2. The summed E-state index contributed by atoms with van der Waals surface area (Å²) in [6.07, 6.45) is 8.90. The van der Waals surface area contributed by atoms with Crippen LogP contribution in [-0.2, 0) is 6.42 Å². The average molecular weight is 370 g/mol. The fraction of sp³-hybridized carbons (Fsp3) is 0.500. The molecule has 1 aromatic rings. The van der Waals surface area contributed by atoms with Crippen molar-refractivity contribution >= 4 is 6.03 Å². The van der Waals surface area contributed by atoms with E-state index in [-0.39, 0.29) is 11.6 Å². The fourth-order valence-electron chi connectivity index (χ4n) is 4.03. The molecule has 0 aromatic heterocycles. The van der Waals surface area contributed by atoms with Crippen molar-refractivity contribution in [2.24, 2.45) is 0 Å². The Morgan fingerprint density at radius 3 is 2.44 bits per heavy atom. The Kier molecular flexibility index (Phi) is 5.78. The van der Waals surface area contributed by atoms with Crippen LogP contribution in [0.15, 0.2) is 48.2 Å². The second-order valence-corrected chi connectivity index (χ2v) is 7.47. The molecule has 1 fully saturated rings. The molecule has 1 saturated heterocycles. The van der Waals surface area contributed by atoms with Crippen LogP contribution in [0.2, 0.25) is 0 Å². The number of ether oxygens (including phenoxy) is 1. The number of hydrazine groups is 1. The van der Waals surface area contributed by atoms with Gasteiger partial charge in [-0.05, 0) is 50.0 Å². The minimum Gasteiger partial charge on any atom is -0.497 e. The highest BCUT2D eigenvalue weighted by atomic mass is 16.5. The van der Waals surface area contributed by atoms with Crippen molar-refractivity contribution in [3.63, 3.8) is 0 Å². The van der Waals surface area contributed by atoms with Gasteiger partial charge in [0.2, 0.25) is 0 Å². The Hall–Kier alpha value is -2.43. The number of hydrogen-bond acceptors (Lipinski definition) is 3. The van der Waals surface area contributed by atoms with Crippen LogP contribution in [0.5, 0.6) is 5.75 Å². The number of urea groups is 1. The van der Waals surface area contributed by atoms with Crippen LogP contribution in [0.4, 0.5) is 4.79 Å². The summed E-state index contributed by atoms with van der Waals surface area (Å²) < 4.78 is 5.23. The number of rotatable bonds is 7. The maximum Gasteiger partial charge on any atom is 0.339 e. The first kappa shape index (κ1) is 19.3. The largest absolute Gasteiger partial charge is 0.497 e. The Labute approximate surface area is 162 Å². The van der Waals surface area contributed by atoms with E-state index in [9.17, 15) is 4.79 Å². The molecule has 0 atom stereocenters. The second-order valence-electron chi connectivity index (χ2n) is 7.47. The smallest absolute Gasteiger partial charge is 0.339 e. The van der Waals surface area contributed by atoms with E-state index in [1.165, 1.54) is 11.1 Å². The van der Waals surface area contributed by atoms with E-state index in [1.54, 1.807) is 7.11 Å². The molecule has 0 radical (unpaired) electrons. The first-order chi connectivity index (χ1) is 13.0. The molecule has 0 aliphatic carbocycles. The summed E-state index contributed by atoms with van der Waals surface area (Å²) >= 11 is 0. The van der Waals surface area contributed by atoms with Gasteiger partial charge in [-0.15, -0.1) is 0 Å². The fourth-order valence-corrected chi connectivity index (χ4v) is 4.03. The predicted octanol–water partition coefficient (Wildman–Crippen LogP) is 4.22. The van der Waals surface area contributed by atoms with E-state index in [0.29, 0.717) is 0 Å². The number of hydrogen-bond donors (Lipinski definition) is 0. The van der Waals surface area contributed by atoms with Gasteiger partial charge in [0.15, 0.2) is 0 Å². The molecule has 0 saturated carbocycles. The van der Waals surface area contributed by atoms with Crippen molar-refractivity contribution in [1.29, 1.82) is 0 Å². The summed E-state index contributed by atoms with van der Waals surface area (Å²) in [6, 6.07) is 8.24. The second kappa shape index (κ2) is 8.07. The van der Waals surface area contributed by atoms with Crippen LogP contribution >= 0.6 is 0 Å². The molecular weight excluding hydrogens is 338 g/mol. The number of carbonyl (C=O) groups is 1. The molecule has 146 valence electrons. The van der Waals surface area contributed by atoms with Gasteiger partial charge in [-0.25, -0.2) is 9.80 Å². The summed E-state index contributed by atoms with van der Waals surface area (Å²) in [6.45, 7) is 8.74. The van der Waals surface area contributed by atoms with E-state index in [1.807, 2.05) is 29.4 Å². The summed E-state index contributed by atoms with van der Waals surface area (Å²) in [4.78, 5) is 15.4. The molecule has 27 heavy (non-hydrogen) atoms. The molecule has 2 aliphatic rings. The molecule has 0 N–H and O–H groups in total. The molecule has 2 amide bonds. The average Bonchev–Trinajstić information content (AvgIpc) is 2.99. The molecule has 0 spiro atoms. The van der Waals surface area contributed by atoms with E-state index in [2.05, 4.69) is 48.9 Å². The molecule has 5 nitrogen and oxygen atoms in total. The quantitative estimate of drug-likeness (QED) is 0.722. The van der Waals surface area contributed by atoms with E-state index in [0.717, 1.165) is 44.6 Å². The lowest BCUT2D eigenvalue weighted by Gasteiger charge is -2.35. The lowest BCUT2D eigenvalue weighted by molar-refractivity contribution is 0.0784. The van der Waals surface area contributed by atoms with Crippen molar-refractivity contribution in [2.45, 2.75) is 45.6 Å². The lowest BCUT2D eigenvalue weighted by atomic mass is 9.92. The van der Waals surface area contributed by atoms with Crippen molar-refractivity contribution in [3.05, 3.63) is 53.8 Å². The van der Waals surface area contributed by atoms with Gasteiger partial charge in [0.25, 0.3) is 0 Å². The number of allylic oxidation sites excluding steroid dienone is 2. The topological polar surface area (TPSA) is 36.0 Å². The first-order valence-corrected chi connectivity index (χ1v) is 9.85. The maximum absolute atomic E-state index is 13.3. The monoisotopic (exact) mass is 369 g/mol. The van der Waals surface area contributed by atoms with E-state index < -0.39 is 0 Å². The molecule has 3 rings (SSSR count). The van der Waals surface area contributed by atoms with Crippen molar-refractivity contribution in [1.82, 2.24) is 14.9 Å². The highest BCUT2D eigenvalue weighted by Gasteiger charge is 2.48. The maximum atomic E-state index is 13.3. The third-order valence-corrected chi connectivity index (χ3v) is 5.93. The van der Waals surface area contributed by atoms with E-state index >= 15 is 0 Å². The molecule has 1 aromatic carbocycles. The number of methoxy groups -OCH3 is 1. The summed E-state index contributed by atoms with van der Waals surface area (Å²) in [5, 5.41) is 3.99. The van der Waals surface area contributed by atoms with Crippen molar-refractivity contribution < 1.29 is 9.53 Å².